The van der Waals surface area contributed by atoms with Crippen LogP contribution < -0.4 is 5.32 Å². The topological polar surface area (TPSA) is 52.6 Å². The third-order valence-electron chi connectivity index (χ3n) is 4.40. The highest BCUT2D eigenvalue weighted by Crippen LogP contribution is 2.27. The summed E-state index contributed by atoms with van der Waals surface area (Å²) in [7, 11) is 0. The second kappa shape index (κ2) is 6.23. The van der Waals surface area contributed by atoms with E-state index in [1.54, 1.807) is 0 Å². The van der Waals surface area contributed by atoms with E-state index in [1.807, 2.05) is 0 Å². The summed E-state index contributed by atoms with van der Waals surface area (Å²) in [5.41, 5.74) is -0.0555. The van der Waals surface area contributed by atoms with Crippen molar-refractivity contribution < 1.29 is 9.90 Å². The standard InChI is InChI=1S/C15H28N2O2/c1-15(2)11-17(12-7-5-3-4-6-8-12)14(19)13(16-15)9-10-18/h12-13,16,18H,3-11H2,1-2H3. The van der Waals surface area contributed by atoms with Crippen molar-refractivity contribution >= 4 is 5.91 Å². The van der Waals surface area contributed by atoms with E-state index < -0.39 is 0 Å². The fraction of sp³-hybridized carbons (Fsp3) is 0.933. The van der Waals surface area contributed by atoms with E-state index in [0.717, 1.165) is 19.4 Å². The molecular weight excluding hydrogens is 240 g/mol. The van der Waals surface area contributed by atoms with E-state index in [1.165, 1.54) is 25.7 Å². The lowest BCUT2D eigenvalue weighted by molar-refractivity contribution is -0.142. The van der Waals surface area contributed by atoms with E-state index in [0.29, 0.717) is 12.5 Å². The van der Waals surface area contributed by atoms with E-state index in [9.17, 15) is 4.79 Å². The maximum absolute atomic E-state index is 12.6. The largest absolute Gasteiger partial charge is 0.396 e. The quantitative estimate of drug-likeness (QED) is 0.766. The Morgan fingerprint density at radius 1 is 1.26 bits per heavy atom. The van der Waals surface area contributed by atoms with E-state index >= 15 is 0 Å². The van der Waals surface area contributed by atoms with Crippen LogP contribution in [0.5, 0.6) is 0 Å². The maximum Gasteiger partial charge on any atom is 0.240 e. The van der Waals surface area contributed by atoms with Gasteiger partial charge in [-0.05, 0) is 33.1 Å². The highest BCUT2D eigenvalue weighted by molar-refractivity contribution is 5.83. The highest BCUT2D eigenvalue weighted by Gasteiger charge is 2.40. The molecule has 1 heterocycles. The number of rotatable bonds is 3. The summed E-state index contributed by atoms with van der Waals surface area (Å²) < 4.78 is 0. The normalized spacial score (nSPS) is 29.3. The van der Waals surface area contributed by atoms with Crippen molar-refractivity contribution in [1.82, 2.24) is 10.2 Å². The Kier molecular flexibility index (Phi) is 4.85. The third-order valence-corrected chi connectivity index (χ3v) is 4.40. The smallest absolute Gasteiger partial charge is 0.240 e. The monoisotopic (exact) mass is 268 g/mol. The van der Waals surface area contributed by atoms with Crippen molar-refractivity contribution in [2.45, 2.75) is 76.4 Å². The van der Waals surface area contributed by atoms with Crippen LogP contribution in [0.4, 0.5) is 0 Å². The molecule has 0 aromatic rings. The average molecular weight is 268 g/mol. The number of aliphatic hydroxyl groups excluding tert-OH is 1. The first-order valence-corrected chi connectivity index (χ1v) is 7.72. The summed E-state index contributed by atoms with van der Waals surface area (Å²) in [6.07, 6.45) is 7.91. The number of nitrogens with one attached hydrogen (secondary N) is 1. The van der Waals surface area contributed by atoms with Gasteiger partial charge >= 0.3 is 0 Å². The zero-order valence-corrected chi connectivity index (χ0v) is 12.3. The number of amides is 1. The van der Waals surface area contributed by atoms with Crippen molar-refractivity contribution in [3.05, 3.63) is 0 Å². The second-order valence-electron chi connectivity index (χ2n) is 6.70. The summed E-state index contributed by atoms with van der Waals surface area (Å²) in [5, 5.41) is 12.5. The molecule has 2 N–H and O–H groups in total. The maximum atomic E-state index is 12.6. The molecule has 110 valence electrons. The lowest BCUT2D eigenvalue weighted by Crippen LogP contribution is -2.66. The molecule has 2 fully saturated rings. The minimum Gasteiger partial charge on any atom is -0.396 e. The molecule has 2 rings (SSSR count). The Balaban J connectivity index is 2.09. The number of carbonyl (C=O) groups is 1. The zero-order valence-electron chi connectivity index (χ0n) is 12.3. The van der Waals surface area contributed by atoms with Crippen molar-refractivity contribution in [2.75, 3.05) is 13.2 Å². The summed E-state index contributed by atoms with van der Waals surface area (Å²) in [6, 6.07) is 0.203. The van der Waals surface area contributed by atoms with Crippen LogP contribution in [0.3, 0.4) is 0 Å². The molecule has 0 bridgehead atoms. The van der Waals surface area contributed by atoms with E-state index in [2.05, 4.69) is 24.1 Å². The summed E-state index contributed by atoms with van der Waals surface area (Å²) in [6.45, 7) is 5.15. The first kappa shape index (κ1) is 14.8. The van der Waals surface area contributed by atoms with Gasteiger partial charge in [-0.3, -0.25) is 10.1 Å². The van der Waals surface area contributed by atoms with Gasteiger partial charge in [0.1, 0.15) is 0 Å². The number of hydrogen-bond donors (Lipinski definition) is 2. The summed E-state index contributed by atoms with van der Waals surface area (Å²) in [5.74, 6) is 0.195. The molecule has 0 spiro atoms. The van der Waals surface area contributed by atoms with Crippen LogP contribution in [0, 0.1) is 0 Å². The average Bonchev–Trinajstić information content (AvgIpc) is 2.62. The van der Waals surface area contributed by atoms with Crippen LogP contribution >= 0.6 is 0 Å². The predicted octanol–water partition coefficient (Wildman–Crippen LogP) is 1.67. The van der Waals surface area contributed by atoms with Crippen LogP contribution in [0.1, 0.15) is 58.8 Å². The molecule has 0 aromatic carbocycles. The van der Waals surface area contributed by atoms with Gasteiger partial charge in [0, 0.05) is 24.7 Å². The van der Waals surface area contributed by atoms with Gasteiger partial charge in [-0.2, -0.15) is 0 Å². The van der Waals surface area contributed by atoms with E-state index in [-0.39, 0.29) is 24.1 Å². The first-order valence-electron chi connectivity index (χ1n) is 7.72. The van der Waals surface area contributed by atoms with Crippen LogP contribution in [-0.2, 0) is 4.79 Å². The molecule has 1 saturated heterocycles. The molecule has 4 nitrogen and oxygen atoms in total. The number of aliphatic hydroxyl groups is 1. The molecule has 4 heteroatoms. The third kappa shape index (κ3) is 3.69. The number of carbonyl (C=O) groups excluding carboxylic acids is 1. The van der Waals surface area contributed by atoms with Gasteiger partial charge in [0.05, 0.1) is 6.04 Å². The SMILES string of the molecule is CC1(C)CN(C2CCCCCC2)C(=O)C(CCO)N1. The van der Waals surface area contributed by atoms with Crippen LogP contribution in [-0.4, -0.2) is 46.7 Å². The number of hydrogen-bond acceptors (Lipinski definition) is 3. The molecular formula is C15H28N2O2. The fourth-order valence-electron chi connectivity index (χ4n) is 3.49. The Morgan fingerprint density at radius 3 is 2.47 bits per heavy atom. The molecule has 1 aliphatic heterocycles. The lowest BCUT2D eigenvalue weighted by Gasteiger charge is -2.46. The van der Waals surface area contributed by atoms with Gasteiger partial charge in [-0.25, -0.2) is 0 Å². The molecule has 1 atom stereocenters. The minimum atomic E-state index is -0.211. The fourth-order valence-corrected chi connectivity index (χ4v) is 3.49. The Labute approximate surface area is 116 Å². The molecule has 1 saturated carbocycles. The predicted molar refractivity (Wildman–Crippen MR) is 75.9 cm³/mol. The van der Waals surface area contributed by atoms with Crippen LogP contribution in [0.2, 0.25) is 0 Å². The number of nitrogens with zero attached hydrogens (tertiary/aromatic N) is 1. The van der Waals surface area contributed by atoms with Crippen molar-refractivity contribution in [3.8, 4) is 0 Å². The van der Waals surface area contributed by atoms with Crippen molar-refractivity contribution in [1.29, 1.82) is 0 Å². The molecule has 1 unspecified atom stereocenters. The van der Waals surface area contributed by atoms with Gasteiger partial charge in [0.2, 0.25) is 5.91 Å². The molecule has 2 aliphatic rings. The Bertz CT molecular complexity index is 309. The first-order chi connectivity index (χ1) is 9.03. The van der Waals surface area contributed by atoms with Crippen molar-refractivity contribution in [3.63, 3.8) is 0 Å². The van der Waals surface area contributed by atoms with Crippen LogP contribution in [0.15, 0.2) is 0 Å². The molecule has 1 amide bonds. The second-order valence-corrected chi connectivity index (χ2v) is 6.70. The zero-order chi connectivity index (χ0) is 13.9. The molecule has 0 aromatic heterocycles. The highest BCUT2D eigenvalue weighted by atomic mass is 16.3. The molecule has 0 radical (unpaired) electrons. The number of piperazine rings is 1. The lowest BCUT2D eigenvalue weighted by atomic mass is 9.93. The van der Waals surface area contributed by atoms with Gasteiger partial charge in [0.25, 0.3) is 0 Å². The minimum absolute atomic E-state index is 0.0555. The van der Waals surface area contributed by atoms with Gasteiger partial charge in [0.15, 0.2) is 0 Å². The Morgan fingerprint density at radius 2 is 1.89 bits per heavy atom. The summed E-state index contributed by atoms with van der Waals surface area (Å²) >= 11 is 0. The van der Waals surface area contributed by atoms with Crippen LogP contribution in [0.25, 0.3) is 0 Å². The van der Waals surface area contributed by atoms with Gasteiger partial charge < -0.3 is 10.0 Å². The van der Waals surface area contributed by atoms with Crippen molar-refractivity contribution in [2.24, 2.45) is 0 Å². The Hall–Kier alpha value is -0.610. The molecule has 1 aliphatic carbocycles. The van der Waals surface area contributed by atoms with E-state index in [4.69, 9.17) is 5.11 Å². The van der Waals surface area contributed by atoms with Gasteiger partial charge in [-0.1, -0.05) is 25.7 Å². The van der Waals surface area contributed by atoms with Gasteiger partial charge in [-0.15, -0.1) is 0 Å². The summed E-state index contributed by atoms with van der Waals surface area (Å²) in [4.78, 5) is 14.7. The molecule has 19 heavy (non-hydrogen) atoms.